The second-order valence-electron chi connectivity index (χ2n) is 4.46. The summed E-state index contributed by atoms with van der Waals surface area (Å²) in [7, 11) is 0. The molecule has 1 saturated heterocycles. The molecule has 0 radical (unpaired) electrons. The van der Waals surface area contributed by atoms with Crippen molar-refractivity contribution in [1.82, 2.24) is 4.90 Å². The average Bonchev–Trinajstić information content (AvgIpc) is 2.62. The number of likely N-dealkylation sites (tertiary alicyclic amines) is 1. The van der Waals surface area contributed by atoms with E-state index in [1.165, 1.54) is 12.8 Å². The highest BCUT2D eigenvalue weighted by Gasteiger charge is 2.16. The van der Waals surface area contributed by atoms with E-state index in [2.05, 4.69) is 37.2 Å². The first-order valence-corrected chi connectivity index (χ1v) is 7.76. The fraction of sp³-hybridized carbons (Fsp3) is 0.462. The molecule has 1 aliphatic rings. The number of nitrogens with one attached hydrogen (secondary N) is 1. The van der Waals surface area contributed by atoms with E-state index in [0.717, 1.165) is 40.6 Å². The van der Waals surface area contributed by atoms with Crippen LogP contribution in [-0.4, -0.2) is 24.0 Å². The lowest BCUT2D eigenvalue weighted by molar-refractivity contribution is 0.214. The predicted octanol–water partition coefficient (Wildman–Crippen LogP) is 4.62. The second kappa shape index (κ2) is 6.57. The van der Waals surface area contributed by atoms with E-state index in [9.17, 15) is 4.79 Å². The monoisotopic (exact) mass is 374 g/mol. The van der Waals surface area contributed by atoms with Crippen molar-refractivity contribution in [3.63, 3.8) is 0 Å². The van der Waals surface area contributed by atoms with Crippen molar-refractivity contribution in [2.75, 3.05) is 18.4 Å². The number of hydrogen-bond acceptors (Lipinski definition) is 1. The maximum atomic E-state index is 12.2. The Labute approximate surface area is 124 Å². The number of carbonyl (C=O) groups is 1. The molecule has 0 bridgehead atoms. The maximum absolute atomic E-state index is 12.2. The number of carbonyl (C=O) groups excluding carboxylic acids is 1. The lowest BCUT2D eigenvalue weighted by Crippen LogP contribution is -2.35. The summed E-state index contributed by atoms with van der Waals surface area (Å²) >= 11 is 6.85. The van der Waals surface area contributed by atoms with E-state index >= 15 is 0 Å². The number of hydrogen-bond donors (Lipinski definition) is 1. The van der Waals surface area contributed by atoms with Crippen molar-refractivity contribution < 1.29 is 4.79 Å². The van der Waals surface area contributed by atoms with Crippen molar-refractivity contribution in [3.05, 3.63) is 27.1 Å². The summed E-state index contributed by atoms with van der Waals surface area (Å²) in [6, 6.07) is 5.75. The van der Waals surface area contributed by atoms with E-state index in [1.54, 1.807) is 0 Å². The summed E-state index contributed by atoms with van der Waals surface area (Å²) in [5, 5.41) is 2.96. The van der Waals surface area contributed by atoms with Gasteiger partial charge in [0.05, 0.1) is 5.69 Å². The van der Waals surface area contributed by atoms with Gasteiger partial charge in [-0.1, -0.05) is 28.8 Å². The van der Waals surface area contributed by atoms with E-state index in [0.29, 0.717) is 0 Å². The van der Waals surface area contributed by atoms with Crippen molar-refractivity contribution in [1.29, 1.82) is 0 Å². The molecule has 1 aromatic carbocycles. The highest BCUT2D eigenvalue weighted by atomic mass is 79.9. The summed E-state index contributed by atoms with van der Waals surface area (Å²) in [4.78, 5) is 14.1. The van der Waals surface area contributed by atoms with Crippen LogP contribution in [0.1, 0.15) is 25.7 Å². The number of halogens is 2. The van der Waals surface area contributed by atoms with Gasteiger partial charge in [-0.2, -0.15) is 0 Å². The molecule has 1 heterocycles. The lowest BCUT2D eigenvalue weighted by atomic mass is 10.2. The smallest absolute Gasteiger partial charge is 0.321 e. The molecular weight excluding hydrogens is 360 g/mol. The molecule has 0 unspecified atom stereocenters. The molecule has 0 saturated carbocycles. The number of anilines is 1. The molecule has 98 valence electrons. The highest BCUT2D eigenvalue weighted by molar-refractivity contribution is 9.11. The molecule has 1 fully saturated rings. The van der Waals surface area contributed by atoms with Crippen LogP contribution in [0.4, 0.5) is 10.5 Å². The average molecular weight is 376 g/mol. The van der Waals surface area contributed by atoms with Gasteiger partial charge in [0.1, 0.15) is 0 Å². The maximum Gasteiger partial charge on any atom is 0.321 e. The quantitative estimate of drug-likeness (QED) is 0.763. The minimum Gasteiger partial charge on any atom is -0.325 e. The molecule has 1 aliphatic heterocycles. The third-order valence-electron chi connectivity index (χ3n) is 3.06. The Hall–Kier alpha value is -0.550. The van der Waals surface area contributed by atoms with Gasteiger partial charge in [-0.15, -0.1) is 0 Å². The number of nitrogens with zero attached hydrogens (tertiary/aromatic N) is 1. The number of benzene rings is 1. The summed E-state index contributed by atoms with van der Waals surface area (Å²) in [6.45, 7) is 1.72. The summed E-state index contributed by atoms with van der Waals surface area (Å²) in [6.07, 6.45) is 4.66. The molecule has 0 aromatic heterocycles. The van der Waals surface area contributed by atoms with Crippen LogP contribution < -0.4 is 5.32 Å². The van der Waals surface area contributed by atoms with Crippen LogP contribution in [0.25, 0.3) is 0 Å². The van der Waals surface area contributed by atoms with Gasteiger partial charge in [0.15, 0.2) is 0 Å². The molecule has 2 rings (SSSR count). The molecule has 5 heteroatoms. The minimum atomic E-state index is -0.00398. The van der Waals surface area contributed by atoms with Gasteiger partial charge in [-0.05, 0) is 47.0 Å². The van der Waals surface area contributed by atoms with Crippen LogP contribution in [-0.2, 0) is 0 Å². The Morgan fingerprint density at radius 3 is 2.44 bits per heavy atom. The predicted molar refractivity (Wildman–Crippen MR) is 80.9 cm³/mol. The minimum absolute atomic E-state index is 0.00398. The lowest BCUT2D eigenvalue weighted by Gasteiger charge is -2.21. The summed E-state index contributed by atoms with van der Waals surface area (Å²) in [5.41, 5.74) is 0.804. The zero-order valence-corrected chi connectivity index (χ0v) is 13.3. The zero-order chi connectivity index (χ0) is 13.0. The Bertz CT molecular complexity index is 429. The normalized spacial score (nSPS) is 16.2. The van der Waals surface area contributed by atoms with E-state index in [4.69, 9.17) is 0 Å². The van der Waals surface area contributed by atoms with Gasteiger partial charge >= 0.3 is 6.03 Å². The van der Waals surface area contributed by atoms with Gasteiger partial charge in [0, 0.05) is 22.0 Å². The fourth-order valence-corrected chi connectivity index (χ4v) is 2.77. The van der Waals surface area contributed by atoms with Crippen molar-refractivity contribution in [2.24, 2.45) is 0 Å². The van der Waals surface area contributed by atoms with Gasteiger partial charge in [0.25, 0.3) is 0 Å². The SMILES string of the molecule is O=C(Nc1cc(Br)ccc1Br)N1CCCCCC1. The van der Waals surface area contributed by atoms with Crippen molar-refractivity contribution >= 4 is 43.6 Å². The second-order valence-corrected chi connectivity index (χ2v) is 6.23. The molecule has 0 aliphatic carbocycles. The van der Waals surface area contributed by atoms with Crippen LogP contribution >= 0.6 is 31.9 Å². The van der Waals surface area contributed by atoms with E-state index in [-0.39, 0.29) is 6.03 Å². The molecule has 0 spiro atoms. The number of urea groups is 1. The van der Waals surface area contributed by atoms with Gasteiger partial charge in [-0.25, -0.2) is 4.79 Å². The third kappa shape index (κ3) is 3.72. The van der Waals surface area contributed by atoms with Gasteiger partial charge in [-0.3, -0.25) is 0 Å². The van der Waals surface area contributed by atoms with Crippen LogP contribution in [0.2, 0.25) is 0 Å². The Morgan fingerprint density at radius 2 is 1.78 bits per heavy atom. The summed E-state index contributed by atoms with van der Waals surface area (Å²) < 4.78 is 1.85. The number of rotatable bonds is 1. The van der Waals surface area contributed by atoms with Crippen LogP contribution in [0.5, 0.6) is 0 Å². The molecule has 3 nitrogen and oxygen atoms in total. The third-order valence-corrected chi connectivity index (χ3v) is 4.25. The number of amides is 2. The van der Waals surface area contributed by atoms with Crippen molar-refractivity contribution in [3.8, 4) is 0 Å². The molecule has 2 amide bonds. The first kappa shape index (κ1) is 13.9. The fourth-order valence-electron chi connectivity index (χ4n) is 2.06. The van der Waals surface area contributed by atoms with Crippen LogP contribution in [0.3, 0.4) is 0 Å². The van der Waals surface area contributed by atoms with Gasteiger partial charge in [0.2, 0.25) is 0 Å². The molecule has 1 aromatic rings. The van der Waals surface area contributed by atoms with Crippen LogP contribution in [0.15, 0.2) is 27.1 Å². The Morgan fingerprint density at radius 1 is 1.11 bits per heavy atom. The molecule has 1 N–H and O–H groups in total. The summed E-state index contributed by atoms with van der Waals surface area (Å²) in [5.74, 6) is 0. The molecular formula is C13H16Br2N2O. The standard InChI is InChI=1S/C13H16Br2N2O/c14-10-5-6-11(15)12(9-10)16-13(18)17-7-3-1-2-4-8-17/h5-6,9H,1-4,7-8H2,(H,16,18). The van der Waals surface area contributed by atoms with Gasteiger partial charge < -0.3 is 10.2 Å². The largest absolute Gasteiger partial charge is 0.325 e. The topological polar surface area (TPSA) is 32.3 Å². The first-order chi connectivity index (χ1) is 8.66. The first-order valence-electron chi connectivity index (χ1n) is 6.18. The molecule has 18 heavy (non-hydrogen) atoms. The van der Waals surface area contributed by atoms with E-state index < -0.39 is 0 Å². The Kier molecular flexibility index (Phi) is 5.06. The van der Waals surface area contributed by atoms with Crippen molar-refractivity contribution in [2.45, 2.75) is 25.7 Å². The zero-order valence-electron chi connectivity index (χ0n) is 10.1. The van der Waals surface area contributed by atoms with Crippen LogP contribution in [0, 0.1) is 0 Å². The van der Waals surface area contributed by atoms with E-state index in [1.807, 2.05) is 23.1 Å². The molecule has 0 atom stereocenters. The highest BCUT2D eigenvalue weighted by Crippen LogP contribution is 2.26. The Balaban J connectivity index is 2.03.